The minimum absolute atomic E-state index is 0.0883. The largest absolute Gasteiger partial charge is 0.518 e. The summed E-state index contributed by atoms with van der Waals surface area (Å²) in [6, 6.07) is -1.12. The summed E-state index contributed by atoms with van der Waals surface area (Å²) in [5.41, 5.74) is 0.608. The van der Waals surface area contributed by atoms with Gasteiger partial charge >= 0.3 is 5.97 Å². The molecule has 3 atom stereocenters. The van der Waals surface area contributed by atoms with Gasteiger partial charge in [0.2, 0.25) is 22.5 Å². The fourth-order valence-corrected chi connectivity index (χ4v) is 6.78. The molecule has 0 aromatic heterocycles. The predicted molar refractivity (Wildman–Crippen MR) is 121 cm³/mol. The van der Waals surface area contributed by atoms with Gasteiger partial charge in [0.25, 0.3) is 0 Å². The monoisotopic (exact) mass is 448 g/mol. The van der Waals surface area contributed by atoms with Gasteiger partial charge < -0.3 is 18.2 Å². The van der Waals surface area contributed by atoms with Gasteiger partial charge in [-0.2, -0.15) is 0 Å². The standard InChI is InChI=1S/C17H36N2O4SSi3/c1-12(2)14(17(21)22-26(6,7)8)19-15(20)13(18-25(3,4)5)16(19)24-23-27(9,10)11/h13-14,16,18H,1H2,2-11H3. The second-order valence-electron chi connectivity index (χ2n) is 10.1. The number of hydrogen-bond acceptors (Lipinski definition) is 6. The summed E-state index contributed by atoms with van der Waals surface area (Å²) in [6.45, 7) is 24.3. The van der Waals surface area contributed by atoms with Crippen LogP contribution in [0, 0.1) is 0 Å². The van der Waals surface area contributed by atoms with E-state index in [0.717, 1.165) is 0 Å². The van der Waals surface area contributed by atoms with E-state index in [2.05, 4.69) is 50.8 Å². The molecule has 6 nitrogen and oxygen atoms in total. The van der Waals surface area contributed by atoms with Crippen molar-refractivity contribution in [1.82, 2.24) is 9.88 Å². The Labute approximate surface area is 172 Å². The van der Waals surface area contributed by atoms with Gasteiger partial charge in [-0.05, 0) is 51.8 Å². The van der Waals surface area contributed by atoms with E-state index in [0.29, 0.717) is 5.57 Å². The van der Waals surface area contributed by atoms with Crippen molar-refractivity contribution in [2.24, 2.45) is 0 Å². The molecule has 0 aliphatic carbocycles. The molecule has 0 aromatic rings. The minimum atomic E-state index is -2.08. The number of hydrogen-bond donors (Lipinski definition) is 1. The Hall–Kier alpha value is -0.399. The van der Waals surface area contributed by atoms with E-state index in [-0.39, 0.29) is 23.3 Å². The van der Waals surface area contributed by atoms with Crippen LogP contribution in [-0.4, -0.2) is 59.1 Å². The van der Waals surface area contributed by atoms with Crippen LogP contribution in [0.15, 0.2) is 12.2 Å². The molecule has 0 saturated carbocycles. The Morgan fingerprint density at radius 2 is 1.63 bits per heavy atom. The molecule has 27 heavy (non-hydrogen) atoms. The predicted octanol–water partition coefficient (Wildman–Crippen LogP) is 3.77. The molecular formula is C17H36N2O4SSi3. The molecule has 0 radical (unpaired) electrons. The molecule has 1 saturated heterocycles. The maximum absolute atomic E-state index is 13.0. The third-order valence-corrected chi connectivity index (χ3v) is 8.51. The summed E-state index contributed by atoms with van der Waals surface area (Å²) >= 11 is 1.30. The van der Waals surface area contributed by atoms with Crippen molar-refractivity contribution in [3.63, 3.8) is 0 Å². The lowest BCUT2D eigenvalue weighted by molar-refractivity contribution is -0.157. The molecule has 1 fully saturated rings. The zero-order valence-electron chi connectivity index (χ0n) is 18.4. The maximum atomic E-state index is 13.0. The molecular weight excluding hydrogens is 413 g/mol. The number of likely N-dealkylation sites (tertiary alicyclic amines) is 1. The lowest BCUT2D eigenvalue weighted by atomic mass is 10.0. The molecule has 1 N–H and O–H groups in total. The van der Waals surface area contributed by atoms with E-state index in [1.54, 1.807) is 11.8 Å². The number of nitrogens with zero attached hydrogens (tertiary/aromatic N) is 1. The first kappa shape index (κ1) is 24.6. The Kier molecular flexibility index (Phi) is 7.79. The third kappa shape index (κ3) is 7.50. The van der Waals surface area contributed by atoms with E-state index < -0.39 is 30.9 Å². The highest BCUT2D eigenvalue weighted by atomic mass is 32.2. The van der Waals surface area contributed by atoms with Crippen molar-refractivity contribution in [3.8, 4) is 0 Å². The van der Waals surface area contributed by atoms with E-state index in [4.69, 9.17) is 8.30 Å². The molecule has 1 aliphatic heterocycles. The van der Waals surface area contributed by atoms with Crippen LogP contribution in [0.1, 0.15) is 6.92 Å². The van der Waals surface area contributed by atoms with Gasteiger partial charge in [0, 0.05) is 12.0 Å². The first-order chi connectivity index (χ1) is 11.9. The van der Waals surface area contributed by atoms with Crippen LogP contribution in [0.4, 0.5) is 0 Å². The molecule has 10 heteroatoms. The zero-order chi connectivity index (χ0) is 21.4. The second kappa shape index (κ2) is 8.54. The van der Waals surface area contributed by atoms with Crippen LogP contribution in [-0.2, 0) is 17.9 Å². The lowest BCUT2D eigenvalue weighted by Crippen LogP contribution is -2.75. The molecule has 1 heterocycles. The normalized spacial score (nSPS) is 22.3. The molecule has 1 amide bonds. The number of nitrogens with one attached hydrogen (secondary N) is 1. The summed E-state index contributed by atoms with van der Waals surface area (Å²) in [5, 5.41) is -0.271. The molecule has 0 aromatic carbocycles. The topological polar surface area (TPSA) is 67.9 Å². The van der Waals surface area contributed by atoms with E-state index in [1.807, 2.05) is 19.6 Å². The molecule has 156 valence electrons. The van der Waals surface area contributed by atoms with Gasteiger partial charge in [-0.3, -0.25) is 9.59 Å². The highest BCUT2D eigenvalue weighted by Crippen LogP contribution is 2.37. The molecule has 1 rings (SSSR count). The molecule has 3 unspecified atom stereocenters. The van der Waals surface area contributed by atoms with E-state index in [1.165, 1.54) is 12.0 Å². The third-order valence-electron chi connectivity index (χ3n) is 3.44. The van der Waals surface area contributed by atoms with Crippen molar-refractivity contribution >= 4 is 48.8 Å². The van der Waals surface area contributed by atoms with Gasteiger partial charge in [0.15, 0.2) is 6.04 Å². The van der Waals surface area contributed by atoms with Crippen LogP contribution >= 0.6 is 12.0 Å². The molecule has 0 bridgehead atoms. The number of β-lactam (4-membered cyclic amide) rings is 1. The zero-order valence-corrected chi connectivity index (χ0v) is 22.2. The lowest BCUT2D eigenvalue weighted by Gasteiger charge is -2.51. The summed E-state index contributed by atoms with van der Waals surface area (Å²) in [6.07, 6.45) is 0. The summed E-state index contributed by atoms with van der Waals surface area (Å²) < 4.78 is 11.7. The molecule has 1 aliphatic rings. The van der Waals surface area contributed by atoms with E-state index >= 15 is 0 Å². The van der Waals surface area contributed by atoms with Crippen LogP contribution < -0.4 is 4.98 Å². The quantitative estimate of drug-likeness (QED) is 0.251. The second-order valence-corrected chi connectivity index (χ2v) is 24.9. The summed E-state index contributed by atoms with van der Waals surface area (Å²) in [7, 11) is -5.56. The average Bonchev–Trinajstić information content (AvgIpc) is 2.39. The summed E-state index contributed by atoms with van der Waals surface area (Å²) in [5.74, 6) is -0.477. The van der Waals surface area contributed by atoms with Gasteiger partial charge in [-0.15, -0.1) is 0 Å². The van der Waals surface area contributed by atoms with Crippen LogP contribution in [0.2, 0.25) is 58.9 Å². The van der Waals surface area contributed by atoms with Gasteiger partial charge in [-0.1, -0.05) is 26.2 Å². The highest BCUT2D eigenvalue weighted by Gasteiger charge is 2.55. The highest BCUT2D eigenvalue weighted by molar-refractivity contribution is 7.96. The first-order valence-corrected chi connectivity index (χ1v) is 20.4. The first-order valence-electron chi connectivity index (χ1n) is 9.25. The Morgan fingerprint density at radius 3 is 2.00 bits per heavy atom. The van der Waals surface area contributed by atoms with Crippen LogP contribution in [0.5, 0.6) is 0 Å². The van der Waals surface area contributed by atoms with Gasteiger partial charge in [0.05, 0.1) is 0 Å². The van der Waals surface area contributed by atoms with Crippen molar-refractivity contribution in [2.75, 3.05) is 0 Å². The Bertz CT molecular complexity index is 596. The molecule has 0 spiro atoms. The minimum Gasteiger partial charge on any atom is -0.518 e. The van der Waals surface area contributed by atoms with Crippen molar-refractivity contribution in [2.45, 2.75) is 83.3 Å². The van der Waals surface area contributed by atoms with Crippen LogP contribution in [0.25, 0.3) is 0 Å². The average molecular weight is 449 g/mol. The Balaban J connectivity index is 3.12. The maximum Gasteiger partial charge on any atom is 0.319 e. The number of carbonyl (C=O) groups excluding carboxylic acids is 2. The van der Waals surface area contributed by atoms with Crippen LogP contribution in [0.3, 0.4) is 0 Å². The number of rotatable bonds is 9. The fraction of sp³-hybridized carbons (Fsp3) is 0.765. The Morgan fingerprint density at radius 1 is 1.11 bits per heavy atom. The SMILES string of the molecule is C=C(C)C(C(=O)O[Si](C)(C)C)N1C(=O)C(N[Si](C)(C)C)C1SO[Si](C)(C)C. The number of amides is 1. The summed E-state index contributed by atoms with van der Waals surface area (Å²) in [4.78, 5) is 30.9. The number of carbonyl (C=O) groups is 2. The van der Waals surface area contributed by atoms with Crippen molar-refractivity contribution in [3.05, 3.63) is 12.2 Å². The van der Waals surface area contributed by atoms with Gasteiger partial charge in [-0.25, -0.2) is 0 Å². The van der Waals surface area contributed by atoms with E-state index in [9.17, 15) is 9.59 Å². The van der Waals surface area contributed by atoms with Crippen molar-refractivity contribution < 1.29 is 17.9 Å². The smallest absolute Gasteiger partial charge is 0.319 e. The van der Waals surface area contributed by atoms with Gasteiger partial charge in [0.1, 0.15) is 19.7 Å². The van der Waals surface area contributed by atoms with Crippen molar-refractivity contribution in [1.29, 1.82) is 0 Å². The fourth-order valence-electron chi connectivity index (χ4n) is 2.57.